The van der Waals surface area contributed by atoms with E-state index in [0.717, 1.165) is 28.2 Å². The molecule has 0 bridgehead atoms. The normalized spacial score (nSPS) is 29.6. The average Bonchev–Trinajstić information content (AvgIpc) is 3.21. The Morgan fingerprint density at radius 3 is 2.91 bits per heavy atom. The fourth-order valence-electron chi connectivity index (χ4n) is 4.79. The van der Waals surface area contributed by atoms with E-state index in [4.69, 9.17) is 10.5 Å². The third-order valence-electron chi connectivity index (χ3n) is 5.94. The lowest BCUT2D eigenvalue weighted by Gasteiger charge is -2.33. The Labute approximate surface area is 140 Å². The van der Waals surface area contributed by atoms with Crippen LogP contribution in [-0.4, -0.2) is 21.8 Å². The van der Waals surface area contributed by atoms with Crippen molar-refractivity contribution in [2.45, 2.75) is 57.3 Å². The molecule has 1 heterocycles. The summed E-state index contributed by atoms with van der Waals surface area (Å²) >= 11 is 1.44. The first-order chi connectivity index (χ1) is 11.2. The van der Waals surface area contributed by atoms with Gasteiger partial charge in [-0.05, 0) is 67.1 Å². The van der Waals surface area contributed by atoms with E-state index < -0.39 is 12.3 Å². The molecule has 3 N–H and O–H groups in total. The average molecular weight is 332 g/mol. The quantitative estimate of drug-likeness (QED) is 0.820. The lowest BCUT2D eigenvalue weighted by molar-refractivity contribution is -0.000315. The van der Waals surface area contributed by atoms with Crippen LogP contribution in [0.5, 0.6) is 5.75 Å². The van der Waals surface area contributed by atoms with Crippen molar-refractivity contribution in [2.24, 2.45) is 17.1 Å². The minimum Gasteiger partial charge on any atom is -0.472 e. The fourth-order valence-corrected chi connectivity index (χ4v) is 5.45. The standard InChI is InChI=1S/C18H24N2O2S/c19-17(22-15-6-1-7-16-13(15)11-20-23-16)14(21)10-18-8-2-4-12(18)5-3-9-18/h1,6-7,11-12,14,17,21H,2-5,8-10,19H2. The molecule has 0 amide bonds. The summed E-state index contributed by atoms with van der Waals surface area (Å²) in [6.07, 6.45) is 9.00. The van der Waals surface area contributed by atoms with E-state index in [0.29, 0.717) is 5.41 Å². The van der Waals surface area contributed by atoms with Gasteiger partial charge in [-0.2, -0.15) is 4.37 Å². The van der Waals surface area contributed by atoms with Crippen LogP contribution in [-0.2, 0) is 0 Å². The maximum Gasteiger partial charge on any atom is 0.173 e. The largest absolute Gasteiger partial charge is 0.472 e. The molecule has 0 radical (unpaired) electrons. The van der Waals surface area contributed by atoms with Crippen LogP contribution < -0.4 is 10.5 Å². The van der Waals surface area contributed by atoms with Crippen molar-refractivity contribution in [3.05, 3.63) is 24.4 Å². The van der Waals surface area contributed by atoms with Gasteiger partial charge in [-0.1, -0.05) is 18.9 Å². The highest BCUT2D eigenvalue weighted by Crippen LogP contribution is 2.56. The van der Waals surface area contributed by atoms with Gasteiger partial charge in [-0.25, -0.2) is 0 Å². The van der Waals surface area contributed by atoms with Crippen molar-refractivity contribution < 1.29 is 9.84 Å². The zero-order chi connectivity index (χ0) is 15.9. The number of rotatable bonds is 5. The first-order valence-electron chi connectivity index (χ1n) is 8.62. The molecule has 1 aromatic carbocycles. The Kier molecular flexibility index (Phi) is 4.03. The molecule has 23 heavy (non-hydrogen) atoms. The molecule has 0 spiro atoms. The van der Waals surface area contributed by atoms with Crippen molar-refractivity contribution >= 4 is 21.6 Å². The predicted molar refractivity (Wildman–Crippen MR) is 92.5 cm³/mol. The smallest absolute Gasteiger partial charge is 0.173 e. The number of aliphatic hydroxyl groups excluding tert-OH is 1. The van der Waals surface area contributed by atoms with Gasteiger partial charge < -0.3 is 9.84 Å². The van der Waals surface area contributed by atoms with E-state index in [1.165, 1.54) is 50.1 Å². The molecule has 2 aromatic rings. The maximum absolute atomic E-state index is 10.6. The molecule has 2 aliphatic rings. The summed E-state index contributed by atoms with van der Waals surface area (Å²) < 4.78 is 11.2. The number of hydrogen-bond acceptors (Lipinski definition) is 5. The molecule has 0 saturated heterocycles. The third-order valence-corrected chi connectivity index (χ3v) is 6.70. The summed E-state index contributed by atoms with van der Waals surface area (Å²) in [6, 6.07) is 5.86. The zero-order valence-corrected chi connectivity index (χ0v) is 14.1. The van der Waals surface area contributed by atoms with Gasteiger partial charge in [0.25, 0.3) is 0 Å². The molecular weight excluding hydrogens is 308 g/mol. The minimum absolute atomic E-state index is 0.316. The van der Waals surface area contributed by atoms with E-state index in [1.807, 2.05) is 18.2 Å². The summed E-state index contributed by atoms with van der Waals surface area (Å²) in [5.74, 6) is 1.50. The number of nitrogens with zero attached hydrogens (tertiary/aromatic N) is 1. The van der Waals surface area contributed by atoms with Gasteiger partial charge in [0, 0.05) is 0 Å². The van der Waals surface area contributed by atoms with Crippen molar-refractivity contribution in [1.82, 2.24) is 4.37 Å². The van der Waals surface area contributed by atoms with Gasteiger partial charge in [0.1, 0.15) is 11.9 Å². The Morgan fingerprint density at radius 1 is 1.35 bits per heavy atom. The van der Waals surface area contributed by atoms with Crippen LogP contribution in [0, 0.1) is 11.3 Å². The Bertz CT molecular complexity index is 676. The molecular formula is C18H24N2O2S. The SMILES string of the molecule is NC(Oc1cccc2sncc12)C(O)CC12CCCC1CCC2. The van der Waals surface area contributed by atoms with Gasteiger partial charge >= 0.3 is 0 Å². The maximum atomic E-state index is 10.6. The molecule has 2 fully saturated rings. The van der Waals surface area contributed by atoms with Crippen molar-refractivity contribution in [2.75, 3.05) is 0 Å². The van der Waals surface area contributed by atoms with Crippen LogP contribution in [0.3, 0.4) is 0 Å². The predicted octanol–water partition coefficient (Wildman–Crippen LogP) is 3.68. The van der Waals surface area contributed by atoms with Crippen LogP contribution in [0.25, 0.3) is 10.1 Å². The molecule has 2 unspecified atom stereocenters. The molecule has 2 atom stereocenters. The Balaban J connectivity index is 1.46. The molecule has 2 aliphatic carbocycles. The van der Waals surface area contributed by atoms with Gasteiger partial charge in [0.05, 0.1) is 16.3 Å². The number of nitrogens with two attached hydrogens (primary N) is 1. The number of aromatic nitrogens is 1. The second-order valence-electron chi connectivity index (χ2n) is 7.19. The summed E-state index contributed by atoms with van der Waals surface area (Å²) in [6.45, 7) is 0. The van der Waals surface area contributed by atoms with Crippen molar-refractivity contribution in [1.29, 1.82) is 0 Å². The lowest BCUT2D eigenvalue weighted by atomic mass is 9.75. The summed E-state index contributed by atoms with van der Waals surface area (Å²) in [4.78, 5) is 0. The first-order valence-corrected chi connectivity index (χ1v) is 9.39. The summed E-state index contributed by atoms with van der Waals surface area (Å²) in [7, 11) is 0. The second kappa shape index (κ2) is 6.04. The molecule has 4 nitrogen and oxygen atoms in total. The molecule has 4 rings (SSSR count). The van der Waals surface area contributed by atoms with Gasteiger partial charge in [-0.15, -0.1) is 0 Å². The van der Waals surface area contributed by atoms with Gasteiger partial charge in [0.2, 0.25) is 0 Å². The summed E-state index contributed by atoms with van der Waals surface area (Å²) in [5, 5.41) is 11.6. The van der Waals surface area contributed by atoms with Gasteiger partial charge in [-0.3, -0.25) is 5.73 Å². The lowest BCUT2D eigenvalue weighted by Crippen LogP contribution is -2.43. The van der Waals surface area contributed by atoms with E-state index in [9.17, 15) is 5.11 Å². The number of aliphatic hydroxyl groups is 1. The number of hydrogen-bond donors (Lipinski definition) is 2. The second-order valence-corrected chi connectivity index (χ2v) is 8.02. The highest BCUT2D eigenvalue weighted by Gasteiger charge is 2.47. The monoisotopic (exact) mass is 332 g/mol. The molecule has 2 saturated carbocycles. The van der Waals surface area contributed by atoms with Crippen LogP contribution >= 0.6 is 11.5 Å². The van der Waals surface area contributed by atoms with Crippen LogP contribution in [0.2, 0.25) is 0 Å². The molecule has 124 valence electrons. The highest BCUT2D eigenvalue weighted by molar-refractivity contribution is 7.13. The van der Waals surface area contributed by atoms with Gasteiger partial charge in [0.15, 0.2) is 6.23 Å². The van der Waals surface area contributed by atoms with Crippen molar-refractivity contribution in [3.63, 3.8) is 0 Å². The van der Waals surface area contributed by atoms with Crippen LogP contribution in [0.15, 0.2) is 24.4 Å². The number of fused-ring (bicyclic) bond motifs is 2. The van der Waals surface area contributed by atoms with Crippen molar-refractivity contribution in [3.8, 4) is 5.75 Å². The number of ether oxygens (including phenoxy) is 1. The third kappa shape index (κ3) is 2.75. The summed E-state index contributed by atoms with van der Waals surface area (Å²) in [5.41, 5.74) is 6.49. The van der Waals surface area contributed by atoms with Crippen LogP contribution in [0.4, 0.5) is 0 Å². The molecule has 0 aliphatic heterocycles. The Hall–Kier alpha value is -1.17. The van der Waals surface area contributed by atoms with E-state index >= 15 is 0 Å². The van der Waals surface area contributed by atoms with Crippen LogP contribution in [0.1, 0.15) is 44.9 Å². The van der Waals surface area contributed by atoms with E-state index in [-0.39, 0.29) is 0 Å². The minimum atomic E-state index is -0.684. The number of benzene rings is 1. The highest BCUT2D eigenvalue weighted by atomic mass is 32.1. The fraction of sp³-hybridized carbons (Fsp3) is 0.611. The molecule has 5 heteroatoms. The van der Waals surface area contributed by atoms with E-state index in [1.54, 1.807) is 6.20 Å². The first kappa shape index (κ1) is 15.4. The zero-order valence-electron chi connectivity index (χ0n) is 13.3. The van der Waals surface area contributed by atoms with E-state index in [2.05, 4.69) is 4.37 Å². The topological polar surface area (TPSA) is 68.4 Å². The molecule has 1 aromatic heterocycles. The Morgan fingerprint density at radius 2 is 2.13 bits per heavy atom.